The number of amides is 1. The van der Waals surface area contributed by atoms with Crippen molar-refractivity contribution in [3.8, 4) is 11.5 Å². The van der Waals surface area contributed by atoms with Crippen LogP contribution in [0.1, 0.15) is 18.9 Å². The second-order valence-electron chi connectivity index (χ2n) is 4.15. The second kappa shape index (κ2) is 6.47. The molecule has 2 rings (SSSR count). The van der Waals surface area contributed by atoms with Gasteiger partial charge in [-0.25, -0.2) is 0 Å². The highest BCUT2D eigenvalue weighted by Crippen LogP contribution is 2.32. The van der Waals surface area contributed by atoms with Crippen molar-refractivity contribution in [3.63, 3.8) is 0 Å². The number of nitrogens with two attached hydrogens (primary N) is 1. The molecule has 0 spiro atoms. The molecule has 1 aromatic rings. The van der Waals surface area contributed by atoms with E-state index in [2.05, 4.69) is 5.32 Å². The molecule has 1 aliphatic heterocycles. The summed E-state index contributed by atoms with van der Waals surface area (Å²) < 4.78 is 10.5. The third-order valence-electron chi connectivity index (χ3n) is 2.43. The molecule has 0 aromatic heterocycles. The van der Waals surface area contributed by atoms with Gasteiger partial charge in [-0.05, 0) is 24.6 Å². The van der Waals surface area contributed by atoms with E-state index in [1.54, 1.807) is 6.92 Å². The minimum Gasteiger partial charge on any atom is -0.454 e. The molecule has 3 N–H and O–H groups in total. The summed E-state index contributed by atoms with van der Waals surface area (Å²) in [5.74, 6) is 1.43. The normalized spacial score (nSPS) is 13.7. The lowest BCUT2D eigenvalue weighted by molar-refractivity contribution is -0.121. The van der Waals surface area contributed by atoms with Crippen LogP contribution in [0, 0.1) is 0 Å². The topological polar surface area (TPSA) is 73.6 Å². The fraction of sp³-hybridized carbons (Fsp3) is 0.417. The van der Waals surface area contributed by atoms with Crippen molar-refractivity contribution >= 4 is 18.3 Å². The molecule has 5 nitrogen and oxygen atoms in total. The summed E-state index contributed by atoms with van der Waals surface area (Å²) in [7, 11) is 0. The van der Waals surface area contributed by atoms with Crippen LogP contribution in [0.25, 0.3) is 0 Å². The molecule has 1 aliphatic rings. The third-order valence-corrected chi connectivity index (χ3v) is 2.43. The number of carbonyl (C=O) groups is 1. The molecule has 1 heterocycles. The van der Waals surface area contributed by atoms with Gasteiger partial charge in [-0.15, -0.1) is 12.4 Å². The molecule has 0 bridgehead atoms. The highest BCUT2D eigenvalue weighted by Gasteiger charge is 2.13. The largest absolute Gasteiger partial charge is 0.454 e. The van der Waals surface area contributed by atoms with Crippen LogP contribution in [0.5, 0.6) is 11.5 Å². The zero-order valence-electron chi connectivity index (χ0n) is 10.1. The van der Waals surface area contributed by atoms with Gasteiger partial charge < -0.3 is 20.5 Å². The van der Waals surface area contributed by atoms with Crippen LogP contribution in [0.3, 0.4) is 0 Å². The standard InChI is InChI=1S/C12H16N2O3.ClH/c1-8(13)4-12(15)14-6-9-2-3-10-11(5-9)17-7-16-10;/h2-3,5,8H,4,6-7,13H2,1H3,(H,14,15);1H. The molecule has 0 saturated carbocycles. The Balaban J connectivity index is 0.00000162. The van der Waals surface area contributed by atoms with E-state index < -0.39 is 0 Å². The van der Waals surface area contributed by atoms with Gasteiger partial charge in [0, 0.05) is 19.0 Å². The highest BCUT2D eigenvalue weighted by atomic mass is 35.5. The second-order valence-corrected chi connectivity index (χ2v) is 4.15. The molecule has 6 heteroatoms. The van der Waals surface area contributed by atoms with Gasteiger partial charge in [0.05, 0.1) is 0 Å². The minimum absolute atomic E-state index is 0. The first kappa shape index (κ1) is 14.6. The quantitative estimate of drug-likeness (QED) is 0.864. The summed E-state index contributed by atoms with van der Waals surface area (Å²) in [6, 6.07) is 5.50. The van der Waals surface area contributed by atoms with Crippen LogP contribution in [-0.4, -0.2) is 18.7 Å². The number of benzene rings is 1. The van der Waals surface area contributed by atoms with Crippen LogP contribution in [-0.2, 0) is 11.3 Å². The van der Waals surface area contributed by atoms with Crippen LogP contribution in [0.15, 0.2) is 18.2 Å². The van der Waals surface area contributed by atoms with Crippen LogP contribution in [0.2, 0.25) is 0 Å². The Bertz CT molecular complexity index is 424. The van der Waals surface area contributed by atoms with Gasteiger partial charge in [-0.2, -0.15) is 0 Å². The number of rotatable bonds is 4. The third kappa shape index (κ3) is 3.78. The Kier molecular flexibility index (Phi) is 5.25. The maximum Gasteiger partial charge on any atom is 0.231 e. The first-order chi connectivity index (χ1) is 8.15. The Morgan fingerprint density at radius 3 is 2.89 bits per heavy atom. The van der Waals surface area contributed by atoms with E-state index in [0.29, 0.717) is 13.0 Å². The van der Waals surface area contributed by atoms with Gasteiger partial charge in [0.25, 0.3) is 0 Å². The summed E-state index contributed by atoms with van der Waals surface area (Å²) in [4.78, 5) is 11.4. The van der Waals surface area contributed by atoms with Crippen molar-refractivity contribution < 1.29 is 14.3 Å². The van der Waals surface area contributed by atoms with Crippen molar-refractivity contribution in [1.29, 1.82) is 0 Å². The Labute approximate surface area is 112 Å². The summed E-state index contributed by atoms with van der Waals surface area (Å²) in [6.45, 7) is 2.54. The van der Waals surface area contributed by atoms with Crippen molar-refractivity contribution in [1.82, 2.24) is 5.32 Å². The maximum atomic E-state index is 11.4. The van der Waals surface area contributed by atoms with E-state index >= 15 is 0 Å². The van der Waals surface area contributed by atoms with Crippen molar-refractivity contribution in [2.45, 2.75) is 25.9 Å². The van der Waals surface area contributed by atoms with Gasteiger partial charge in [0.1, 0.15) is 0 Å². The molecule has 0 fully saturated rings. The fourth-order valence-corrected chi connectivity index (χ4v) is 1.62. The molecule has 1 amide bonds. The summed E-state index contributed by atoms with van der Waals surface area (Å²) >= 11 is 0. The first-order valence-corrected chi connectivity index (χ1v) is 5.56. The molecule has 18 heavy (non-hydrogen) atoms. The van der Waals surface area contributed by atoms with Gasteiger partial charge in [-0.3, -0.25) is 4.79 Å². The molecule has 1 atom stereocenters. The lowest BCUT2D eigenvalue weighted by atomic mass is 10.2. The minimum atomic E-state index is -0.119. The van der Waals surface area contributed by atoms with Gasteiger partial charge in [-0.1, -0.05) is 6.07 Å². The van der Waals surface area contributed by atoms with E-state index in [0.717, 1.165) is 17.1 Å². The predicted molar refractivity (Wildman–Crippen MR) is 69.9 cm³/mol. The van der Waals surface area contributed by atoms with E-state index in [9.17, 15) is 4.79 Å². The van der Waals surface area contributed by atoms with Gasteiger partial charge >= 0.3 is 0 Å². The number of fused-ring (bicyclic) bond motifs is 1. The van der Waals surface area contributed by atoms with E-state index in [4.69, 9.17) is 15.2 Å². The molecule has 0 aliphatic carbocycles. The number of carbonyl (C=O) groups excluding carboxylic acids is 1. The first-order valence-electron chi connectivity index (χ1n) is 5.56. The lowest BCUT2D eigenvalue weighted by Crippen LogP contribution is -2.29. The van der Waals surface area contributed by atoms with Gasteiger partial charge in [0.2, 0.25) is 12.7 Å². The van der Waals surface area contributed by atoms with Gasteiger partial charge in [0.15, 0.2) is 11.5 Å². The number of hydrogen-bond acceptors (Lipinski definition) is 4. The van der Waals surface area contributed by atoms with E-state index in [1.807, 2.05) is 18.2 Å². The molecule has 0 saturated heterocycles. The zero-order valence-corrected chi connectivity index (χ0v) is 11.0. The summed E-state index contributed by atoms with van der Waals surface area (Å²) in [5, 5.41) is 2.81. The van der Waals surface area contributed by atoms with Crippen LogP contribution < -0.4 is 20.5 Å². The molecule has 100 valence electrons. The zero-order chi connectivity index (χ0) is 12.3. The molecule has 1 aromatic carbocycles. The summed E-state index contributed by atoms with van der Waals surface area (Å²) in [6.07, 6.45) is 0.338. The van der Waals surface area contributed by atoms with E-state index in [-0.39, 0.29) is 31.1 Å². The highest BCUT2D eigenvalue weighted by molar-refractivity contribution is 5.85. The molecular weight excluding hydrogens is 256 g/mol. The lowest BCUT2D eigenvalue weighted by Gasteiger charge is -2.07. The predicted octanol–water partition coefficient (Wildman–Crippen LogP) is 1.19. The molecule has 1 unspecified atom stereocenters. The van der Waals surface area contributed by atoms with Crippen molar-refractivity contribution in [2.75, 3.05) is 6.79 Å². The average molecular weight is 273 g/mol. The number of halogens is 1. The Hall–Kier alpha value is -1.46. The Morgan fingerprint density at radius 1 is 1.44 bits per heavy atom. The van der Waals surface area contributed by atoms with Crippen LogP contribution in [0.4, 0.5) is 0 Å². The smallest absolute Gasteiger partial charge is 0.231 e. The molecular formula is C12H17ClN2O3. The van der Waals surface area contributed by atoms with Crippen molar-refractivity contribution in [2.24, 2.45) is 5.73 Å². The average Bonchev–Trinajstić information content (AvgIpc) is 2.72. The maximum absolute atomic E-state index is 11.4. The SMILES string of the molecule is CC(N)CC(=O)NCc1ccc2c(c1)OCO2.Cl. The van der Waals surface area contributed by atoms with Crippen molar-refractivity contribution in [3.05, 3.63) is 23.8 Å². The van der Waals surface area contributed by atoms with E-state index in [1.165, 1.54) is 0 Å². The van der Waals surface area contributed by atoms with Crippen LogP contribution >= 0.6 is 12.4 Å². The number of hydrogen-bond donors (Lipinski definition) is 2. The number of ether oxygens (including phenoxy) is 2. The number of nitrogens with one attached hydrogen (secondary N) is 1. The molecule has 0 radical (unpaired) electrons. The Morgan fingerprint density at radius 2 is 2.17 bits per heavy atom. The monoisotopic (exact) mass is 272 g/mol. The fourth-order valence-electron chi connectivity index (χ4n) is 1.62. The summed E-state index contributed by atoms with van der Waals surface area (Å²) in [5.41, 5.74) is 6.52.